The molecule has 1 aliphatic heterocycles. The standard InChI is InChI=1S/C22H21N5O2/c1-29-18-6-4-5-17-19(18)16-13-23-26-20(16)21(25-17)24-15-9-7-14(8-10-15)22(28)27-11-2-3-12-27/h4-10,13H,2-3,11-12H2,1H3,(H,23,26)(H,24,25). The summed E-state index contributed by atoms with van der Waals surface area (Å²) in [6.07, 6.45) is 3.96. The van der Waals surface area contributed by atoms with Gasteiger partial charge in [-0.2, -0.15) is 5.10 Å². The lowest BCUT2D eigenvalue weighted by molar-refractivity contribution is 0.0793. The van der Waals surface area contributed by atoms with Gasteiger partial charge in [0.05, 0.1) is 24.2 Å². The van der Waals surface area contributed by atoms with Crippen molar-refractivity contribution in [2.75, 3.05) is 25.5 Å². The molecule has 0 saturated carbocycles. The van der Waals surface area contributed by atoms with E-state index in [2.05, 4.69) is 15.5 Å². The molecule has 0 atom stereocenters. The first kappa shape index (κ1) is 17.5. The summed E-state index contributed by atoms with van der Waals surface area (Å²) in [5.41, 5.74) is 3.19. The Bertz CT molecular complexity index is 1190. The Balaban J connectivity index is 1.48. The van der Waals surface area contributed by atoms with E-state index in [0.29, 0.717) is 11.4 Å². The molecule has 1 aliphatic rings. The van der Waals surface area contributed by atoms with Gasteiger partial charge in [0, 0.05) is 29.7 Å². The molecule has 29 heavy (non-hydrogen) atoms. The van der Waals surface area contributed by atoms with E-state index in [9.17, 15) is 4.79 Å². The number of nitrogens with zero attached hydrogens (tertiary/aromatic N) is 3. The van der Waals surface area contributed by atoms with Crippen LogP contribution in [0.3, 0.4) is 0 Å². The lowest BCUT2D eigenvalue weighted by atomic mass is 10.1. The quantitative estimate of drug-likeness (QED) is 0.551. The molecule has 146 valence electrons. The van der Waals surface area contributed by atoms with Gasteiger partial charge in [0.25, 0.3) is 5.91 Å². The molecule has 0 bridgehead atoms. The van der Waals surface area contributed by atoms with E-state index in [0.717, 1.165) is 59.2 Å². The Morgan fingerprint density at radius 2 is 1.93 bits per heavy atom. The van der Waals surface area contributed by atoms with Crippen molar-refractivity contribution in [1.82, 2.24) is 20.1 Å². The van der Waals surface area contributed by atoms with Gasteiger partial charge in [-0.15, -0.1) is 0 Å². The van der Waals surface area contributed by atoms with Crippen LogP contribution in [0.5, 0.6) is 5.75 Å². The highest BCUT2D eigenvalue weighted by atomic mass is 16.5. The summed E-state index contributed by atoms with van der Waals surface area (Å²) in [4.78, 5) is 19.2. The average molecular weight is 387 g/mol. The van der Waals surface area contributed by atoms with Gasteiger partial charge in [0.2, 0.25) is 0 Å². The molecule has 1 fully saturated rings. The second kappa shape index (κ2) is 7.09. The third kappa shape index (κ3) is 3.04. The van der Waals surface area contributed by atoms with Crippen molar-refractivity contribution in [1.29, 1.82) is 0 Å². The monoisotopic (exact) mass is 387 g/mol. The zero-order valence-electron chi connectivity index (χ0n) is 16.1. The molecule has 2 aromatic carbocycles. The van der Waals surface area contributed by atoms with E-state index in [1.807, 2.05) is 47.4 Å². The van der Waals surface area contributed by atoms with E-state index in [1.54, 1.807) is 13.3 Å². The fourth-order valence-corrected chi connectivity index (χ4v) is 3.91. The Hall–Kier alpha value is -3.61. The topological polar surface area (TPSA) is 83.1 Å². The summed E-state index contributed by atoms with van der Waals surface area (Å²) >= 11 is 0. The first-order chi connectivity index (χ1) is 14.2. The van der Waals surface area contributed by atoms with Crippen LogP contribution in [0.1, 0.15) is 23.2 Å². The van der Waals surface area contributed by atoms with Crippen molar-refractivity contribution < 1.29 is 9.53 Å². The van der Waals surface area contributed by atoms with Crippen LogP contribution < -0.4 is 10.1 Å². The van der Waals surface area contributed by atoms with E-state index >= 15 is 0 Å². The fourth-order valence-electron chi connectivity index (χ4n) is 3.91. The largest absolute Gasteiger partial charge is 0.496 e. The number of methoxy groups -OCH3 is 1. The molecule has 2 aromatic heterocycles. The minimum atomic E-state index is 0.0981. The summed E-state index contributed by atoms with van der Waals surface area (Å²) in [6, 6.07) is 13.3. The number of carbonyl (C=O) groups is 1. The summed E-state index contributed by atoms with van der Waals surface area (Å²) < 4.78 is 5.50. The third-order valence-electron chi connectivity index (χ3n) is 5.39. The molecule has 5 rings (SSSR count). The molecule has 0 aliphatic carbocycles. The zero-order valence-corrected chi connectivity index (χ0v) is 16.1. The number of fused-ring (bicyclic) bond motifs is 3. The molecule has 4 aromatic rings. The number of aromatic amines is 1. The highest BCUT2D eigenvalue weighted by Crippen LogP contribution is 2.34. The highest BCUT2D eigenvalue weighted by molar-refractivity contribution is 6.11. The lowest BCUT2D eigenvalue weighted by Crippen LogP contribution is -2.27. The van der Waals surface area contributed by atoms with E-state index in [-0.39, 0.29) is 5.91 Å². The Kier molecular flexibility index (Phi) is 4.27. The van der Waals surface area contributed by atoms with Gasteiger partial charge in [-0.1, -0.05) is 6.07 Å². The van der Waals surface area contributed by atoms with Crippen LogP contribution in [0.25, 0.3) is 21.8 Å². The van der Waals surface area contributed by atoms with Crippen molar-refractivity contribution in [3.8, 4) is 5.75 Å². The Morgan fingerprint density at radius 1 is 1.14 bits per heavy atom. The van der Waals surface area contributed by atoms with E-state index < -0.39 is 0 Å². The highest BCUT2D eigenvalue weighted by Gasteiger charge is 2.19. The number of pyridine rings is 1. The SMILES string of the molecule is COc1cccc2nc(Nc3ccc(C(=O)N4CCCC4)cc3)c3[nH]ncc3c12. The number of anilines is 2. The molecule has 1 saturated heterocycles. The van der Waals surface area contributed by atoms with E-state index in [1.165, 1.54) is 0 Å². The van der Waals surface area contributed by atoms with Crippen molar-refractivity contribution in [3.05, 3.63) is 54.2 Å². The summed E-state index contributed by atoms with van der Waals surface area (Å²) in [5, 5.41) is 12.4. The molecule has 7 heteroatoms. The van der Waals surface area contributed by atoms with Crippen LogP contribution in [-0.2, 0) is 0 Å². The van der Waals surface area contributed by atoms with Gasteiger partial charge in [-0.05, 0) is 49.2 Å². The number of hydrogen-bond acceptors (Lipinski definition) is 5. The molecule has 0 radical (unpaired) electrons. The van der Waals surface area contributed by atoms with Crippen molar-refractivity contribution in [3.63, 3.8) is 0 Å². The van der Waals surface area contributed by atoms with Gasteiger partial charge < -0.3 is 15.0 Å². The predicted octanol–water partition coefficient (Wildman–Crippen LogP) is 4.10. The number of ether oxygens (including phenoxy) is 1. The van der Waals surface area contributed by atoms with Crippen LogP contribution >= 0.6 is 0 Å². The van der Waals surface area contributed by atoms with Crippen LogP contribution in [-0.4, -0.2) is 46.2 Å². The Morgan fingerprint density at radius 3 is 2.69 bits per heavy atom. The maximum Gasteiger partial charge on any atom is 0.253 e. The number of nitrogens with one attached hydrogen (secondary N) is 2. The second-order valence-electron chi connectivity index (χ2n) is 7.18. The molecule has 2 N–H and O–H groups in total. The zero-order chi connectivity index (χ0) is 19.8. The van der Waals surface area contributed by atoms with Crippen LogP contribution in [0, 0.1) is 0 Å². The van der Waals surface area contributed by atoms with Gasteiger partial charge in [-0.25, -0.2) is 4.98 Å². The minimum absolute atomic E-state index is 0.0981. The van der Waals surface area contributed by atoms with Crippen molar-refractivity contribution >= 4 is 39.2 Å². The molecule has 0 unspecified atom stereocenters. The molecule has 0 spiro atoms. The molecule has 7 nitrogen and oxygen atoms in total. The first-order valence-electron chi connectivity index (χ1n) is 9.71. The van der Waals surface area contributed by atoms with Crippen LogP contribution in [0.2, 0.25) is 0 Å². The third-order valence-corrected chi connectivity index (χ3v) is 5.39. The number of aromatic nitrogens is 3. The fraction of sp³-hybridized carbons (Fsp3) is 0.227. The molecular weight excluding hydrogens is 366 g/mol. The van der Waals surface area contributed by atoms with Crippen LogP contribution in [0.4, 0.5) is 11.5 Å². The summed E-state index contributed by atoms with van der Waals surface area (Å²) in [7, 11) is 1.65. The number of carbonyl (C=O) groups excluding carboxylic acids is 1. The molecular formula is C22H21N5O2. The number of benzene rings is 2. The predicted molar refractivity (Wildman–Crippen MR) is 113 cm³/mol. The number of H-pyrrole nitrogens is 1. The first-order valence-corrected chi connectivity index (χ1v) is 9.71. The number of amides is 1. The van der Waals surface area contributed by atoms with Gasteiger partial charge in [0.1, 0.15) is 11.3 Å². The number of rotatable bonds is 4. The number of likely N-dealkylation sites (tertiary alicyclic amines) is 1. The second-order valence-corrected chi connectivity index (χ2v) is 7.18. The molecule has 3 heterocycles. The summed E-state index contributed by atoms with van der Waals surface area (Å²) in [6.45, 7) is 1.70. The van der Waals surface area contributed by atoms with Crippen LogP contribution in [0.15, 0.2) is 48.7 Å². The lowest BCUT2D eigenvalue weighted by Gasteiger charge is -2.15. The van der Waals surface area contributed by atoms with Crippen molar-refractivity contribution in [2.24, 2.45) is 0 Å². The maximum atomic E-state index is 12.5. The maximum absolute atomic E-state index is 12.5. The van der Waals surface area contributed by atoms with Gasteiger partial charge in [0.15, 0.2) is 5.82 Å². The molecule has 1 amide bonds. The van der Waals surface area contributed by atoms with Gasteiger partial charge in [-0.3, -0.25) is 9.89 Å². The van der Waals surface area contributed by atoms with Crippen molar-refractivity contribution in [2.45, 2.75) is 12.8 Å². The minimum Gasteiger partial charge on any atom is -0.496 e. The smallest absolute Gasteiger partial charge is 0.253 e. The normalized spacial score (nSPS) is 13.9. The van der Waals surface area contributed by atoms with E-state index in [4.69, 9.17) is 9.72 Å². The summed E-state index contributed by atoms with van der Waals surface area (Å²) in [5.74, 6) is 1.54. The number of hydrogen-bond donors (Lipinski definition) is 2. The average Bonchev–Trinajstić information content (AvgIpc) is 3.46. The Labute approximate surface area is 167 Å². The van der Waals surface area contributed by atoms with Gasteiger partial charge >= 0.3 is 0 Å².